The molecule has 0 saturated heterocycles. The van der Waals surface area contributed by atoms with Crippen molar-refractivity contribution in [2.24, 2.45) is 0 Å². The minimum atomic E-state index is -3.88. The molecule has 0 unspecified atom stereocenters. The molecule has 0 bridgehead atoms. The minimum Gasteiger partial charge on any atom is -0.449 e. The predicted molar refractivity (Wildman–Crippen MR) is 58.6 cm³/mol. The molecule has 0 aromatic rings. The zero-order chi connectivity index (χ0) is 12.4. The van der Waals surface area contributed by atoms with Crippen LogP contribution in [0.1, 0.15) is 6.92 Å². The van der Waals surface area contributed by atoms with Crippen molar-refractivity contribution < 1.29 is 22.7 Å². The van der Waals surface area contributed by atoms with Crippen molar-refractivity contribution in [3.05, 3.63) is 0 Å². The van der Waals surface area contributed by atoms with E-state index in [2.05, 4.69) is 9.46 Å². The van der Waals surface area contributed by atoms with Crippen LogP contribution in [0.25, 0.3) is 0 Å². The van der Waals surface area contributed by atoms with Crippen molar-refractivity contribution in [3.8, 4) is 0 Å². The maximum Gasteiger partial charge on any atom is 0.421 e. The second-order valence-electron chi connectivity index (χ2n) is 2.52. The van der Waals surface area contributed by atoms with Gasteiger partial charge in [0, 0.05) is 12.4 Å². The van der Waals surface area contributed by atoms with Crippen LogP contribution in [0, 0.1) is 0 Å². The fourth-order valence-corrected chi connectivity index (χ4v) is 1.52. The molecule has 0 fully saturated rings. The number of hydrogen-bond donors (Lipinski definition) is 2. The van der Waals surface area contributed by atoms with Gasteiger partial charge in [-0.3, -0.25) is 0 Å². The molecule has 0 aliphatic heterocycles. The highest BCUT2D eigenvalue weighted by Gasteiger charge is 2.13. The molecular formula is C7H15ClN2O5S. The van der Waals surface area contributed by atoms with Gasteiger partial charge in [0.1, 0.15) is 0 Å². The van der Waals surface area contributed by atoms with E-state index < -0.39 is 16.3 Å². The molecule has 0 aromatic carbocycles. The standard InChI is InChI=1S/C7H15ClN2O5S/c1-2-15-7(11)10-16(12,13)9-4-6-14-5-3-8/h9H,2-6H2,1H3,(H,10,11). The molecule has 96 valence electrons. The first-order valence-corrected chi connectivity index (χ1v) is 6.61. The zero-order valence-corrected chi connectivity index (χ0v) is 10.4. The van der Waals surface area contributed by atoms with Gasteiger partial charge in [-0.2, -0.15) is 13.1 Å². The van der Waals surface area contributed by atoms with Crippen molar-refractivity contribution in [1.29, 1.82) is 0 Å². The molecule has 0 aromatic heterocycles. The molecule has 0 heterocycles. The van der Waals surface area contributed by atoms with Crippen LogP contribution in [0.2, 0.25) is 0 Å². The van der Waals surface area contributed by atoms with E-state index in [0.29, 0.717) is 12.5 Å². The summed E-state index contributed by atoms with van der Waals surface area (Å²) in [7, 11) is -3.88. The largest absolute Gasteiger partial charge is 0.449 e. The summed E-state index contributed by atoms with van der Waals surface area (Å²) in [5, 5.41) is 0. The van der Waals surface area contributed by atoms with Gasteiger partial charge in [0.05, 0.1) is 19.8 Å². The Balaban J connectivity index is 3.74. The van der Waals surface area contributed by atoms with Crippen LogP contribution < -0.4 is 9.44 Å². The molecule has 0 saturated carbocycles. The Morgan fingerprint density at radius 3 is 2.62 bits per heavy atom. The van der Waals surface area contributed by atoms with E-state index in [1.54, 1.807) is 11.6 Å². The smallest absolute Gasteiger partial charge is 0.421 e. The van der Waals surface area contributed by atoms with Crippen molar-refractivity contribution in [3.63, 3.8) is 0 Å². The lowest BCUT2D eigenvalue weighted by molar-refractivity contribution is 0.153. The van der Waals surface area contributed by atoms with Gasteiger partial charge in [-0.1, -0.05) is 0 Å². The van der Waals surface area contributed by atoms with Gasteiger partial charge in [0.15, 0.2) is 0 Å². The van der Waals surface area contributed by atoms with E-state index in [0.717, 1.165) is 0 Å². The van der Waals surface area contributed by atoms with Crippen molar-refractivity contribution in [2.75, 3.05) is 32.2 Å². The quantitative estimate of drug-likeness (QED) is 0.473. The number of amides is 1. The Bertz CT molecular complexity index is 295. The normalized spacial score (nSPS) is 11.1. The van der Waals surface area contributed by atoms with Crippen molar-refractivity contribution in [2.45, 2.75) is 6.92 Å². The maximum atomic E-state index is 11.1. The van der Waals surface area contributed by atoms with Crippen LogP contribution in [0.3, 0.4) is 0 Å². The number of nitrogens with one attached hydrogen (secondary N) is 2. The molecule has 7 nitrogen and oxygen atoms in total. The monoisotopic (exact) mass is 274 g/mol. The number of carbonyl (C=O) groups excluding carboxylic acids is 1. The third-order valence-corrected chi connectivity index (χ3v) is 2.43. The zero-order valence-electron chi connectivity index (χ0n) is 8.86. The molecule has 1 amide bonds. The summed E-state index contributed by atoms with van der Waals surface area (Å²) >= 11 is 5.34. The summed E-state index contributed by atoms with van der Waals surface area (Å²) in [6.07, 6.45) is -1.02. The van der Waals surface area contributed by atoms with Gasteiger partial charge in [0.25, 0.3) is 0 Å². The van der Waals surface area contributed by atoms with Gasteiger partial charge in [-0.05, 0) is 6.92 Å². The van der Waals surface area contributed by atoms with E-state index in [4.69, 9.17) is 16.3 Å². The number of hydrogen-bond acceptors (Lipinski definition) is 5. The second kappa shape index (κ2) is 8.57. The Hall–Kier alpha value is -0.570. The lowest BCUT2D eigenvalue weighted by Gasteiger charge is -2.07. The SMILES string of the molecule is CCOC(=O)NS(=O)(=O)NCCOCCCl. The lowest BCUT2D eigenvalue weighted by Crippen LogP contribution is -2.41. The van der Waals surface area contributed by atoms with Gasteiger partial charge in [-0.25, -0.2) is 9.52 Å². The average molecular weight is 275 g/mol. The minimum absolute atomic E-state index is 0.0472. The Morgan fingerprint density at radius 2 is 2.06 bits per heavy atom. The number of alkyl halides is 1. The topological polar surface area (TPSA) is 93.7 Å². The molecule has 0 spiro atoms. The van der Waals surface area contributed by atoms with Crippen LogP contribution in [0.4, 0.5) is 4.79 Å². The third kappa shape index (κ3) is 8.72. The van der Waals surface area contributed by atoms with Crippen LogP contribution in [-0.2, 0) is 19.7 Å². The molecule has 0 atom stereocenters. The molecule has 2 N–H and O–H groups in total. The van der Waals surface area contributed by atoms with E-state index in [1.807, 2.05) is 0 Å². The van der Waals surface area contributed by atoms with E-state index in [-0.39, 0.29) is 19.8 Å². The van der Waals surface area contributed by atoms with Gasteiger partial charge < -0.3 is 9.47 Å². The summed E-state index contributed by atoms with van der Waals surface area (Å²) < 4.78 is 35.4. The van der Waals surface area contributed by atoms with Gasteiger partial charge in [-0.15, -0.1) is 11.6 Å². The number of rotatable bonds is 8. The maximum absolute atomic E-state index is 11.1. The highest BCUT2D eigenvalue weighted by atomic mass is 35.5. The highest BCUT2D eigenvalue weighted by Crippen LogP contribution is 1.83. The van der Waals surface area contributed by atoms with Gasteiger partial charge in [0.2, 0.25) is 0 Å². The summed E-state index contributed by atoms with van der Waals surface area (Å²) in [4.78, 5) is 10.8. The Labute approximate surface area is 99.6 Å². The first-order chi connectivity index (χ1) is 7.52. The highest BCUT2D eigenvalue weighted by molar-refractivity contribution is 7.88. The molecule has 0 aliphatic rings. The van der Waals surface area contributed by atoms with E-state index >= 15 is 0 Å². The molecular weight excluding hydrogens is 260 g/mol. The number of halogens is 1. The first-order valence-electron chi connectivity index (χ1n) is 4.59. The van der Waals surface area contributed by atoms with Crippen LogP contribution >= 0.6 is 11.6 Å². The number of carbonyl (C=O) groups is 1. The van der Waals surface area contributed by atoms with Crippen molar-refractivity contribution in [1.82, 2.24) is 9.44 Å². The molecule has 9 heteroatoms. The van der Waals surface area contributed by atoms with Gasteiger partial charge >= 0.3 is 16.3 Å². The Morgan fingerprint density at radius 1 is 1.38 bits per heavy atom. The third-order valence-electron chi connectivity index (χ3n) is 1.25. The molecule has 0 radical (unpaired) electrons. The fraction of sp³-hybridized carbons (Fsp3) is 0.857. The lowest BCUT2D eigenvalue weighted by atomic mass is 10.7. The van der Waals surface area contributed by atoms with E-state index in [1.165, 1.54) is 0 Å². The fourth-order valence-electron chi connectivity index (χ4n) is 0.711. The summed E-state index contributed by atoms with van der Waals surface area (Å²) in [5.74, 6) is 0.341. The van der Waals surface area contributed by atoms with E-state index in [9.17, 15) is 13.2 Å². The molecule has 16 heavy (non-hydrogen) atoms. The summed E-state index contributed by atoms with van der Waals surface area (Å²) in [6, 6.07) is 0. The Kier molecular flexibility index (Phi) is 8.26. The average Bonchev–Trinajstić information content (AvgIpc) is 2.16. The molecule has 0 rings (SSSR count). The summed E-state index contributed by atoms with van der Waals surface area (Å²) in [5.41, 5.74) is 0. The van der Waals surface area contributed by atoms with Crippen LogP contribution in [-0.4, -0.2) is 46.8 Å². The number of ether oxygens (including phenoxy) is 2. The van der Waals surface area contributed by atoms with Crippen molar-refractivity contribution >= 4 is 27.9 Å². The molecule has 0 aliphatic carbocycles. The first kappa shape index (κ1) is 15.4. The predicted octanol–water partition coefficient (Wildman–Crippen LogP) is -0.178. The van der Waals surface area contributed by atoms with Crippen LogP contribution in [0.5, 0.6) is 0 Å². The van der Waals surface area contributed by atoms with Crippen LogP contribution in [0.15, 0.2) is 0 Å². The summed E-state index contributed by atoms with van der Waals surface area (Å²) in [6.45, 7) is 2.23. The second-order valence-corrected chi connectivity index (χ2v) is 4.40.